The number of allylic oxidation sites excluding steroid dienone is 2. The summed E-state index contributed by atoms with van der Waals surface area (Å²) in [6.45, 7) is 2.25. The Labute approximate surface area is 77.1 Å². The Morgan fingerprint density at radius 3 is 1.92 bits per heavy atom. The molecule has 0 N–H and O–H groups in total. The number of hydrogen-bond acceptors (Lipinski definition) is 0. The Bertz CT molecular complexity index is 121. The van der Waals surface area contributed by atoms with E-state index in [9.17, 15) is 0 Å². The Balaban J connectivity index is 2.33. The van der Waals surface area contributed by atoms with Gasteiger partial charge in [-0.25, -0.2) is 0 Å². The van der Waals surface area contributed by atoms with E-state index in [1.54, 1.807) is 5.57 Å². The van der Waals surface area contributed by atoms with Crippen molar-refractivity contribution in [3.05, 3.63) is 11.6 Å². The lowest BCUT2D eigenvalue weighted by Gasteiger charge is -2.03. The van der Waals surface area contributed by atoms with E-state index in [1.807, 2.05) is 0 Å². The minimum absolute atomic E-state index is 1.23. The van der Waals surface area contributed by atoms with E-state index in [4.69, 9.17) is 0 Å². The highest BCUT2D eigenvalue weighted by molar-refractivity contribution is 5.01. The zero-order valence-electron chi connectivity index (χ0n) is 8.44. The standard InChI is InChI=1S/C12H22/c1-2-9-12-10-7-5-3-4-6-8-11-12/h9H,2-8,10-11H2,1H3. The molecule has 0 unspecified atom stereocenters. The van der Waals surface area contributed by atoms with E-state index >= 15 is 0 Å². The molecule has 0 saturated heterocycles. The smallest absolute Gasteiger partial charge is 0.0320 e. The van der Waals surface area contributed by atoms with Crippen LogP contribution in [0.5, 0.6) is 0 Å². The summed E-state index contributed by atoms with van der Waals surface area (Å²) in [5, 5.41) is 0. The van der Waals surface area contributed by atoms with Gasteiger partial charge in [-0.15, -0.1) is 0 Å². The lowest BCUT2D eigenvalue weighted by atomic mass is 10.0. The molecular weight excluding hydrogens is 144 g/mol. The summed E-state index contributed by atoms with van der Waals surface area (Å²) < 4.78 is 0. The van der Waals surface area contributed by atoms with E-state index < -0.39 is 0 Å². The molecule has 0 aliphatic heterocycles. The van der Waals surface area contributed by atoms with Gasteiger partial charge in [0.05, 0.1) is 0 Å². The first-order valence-corrected chi connectivity index (χ1v) is 5.61. The molecule has 0 atom stereocenters. The van der Waals surface area contributed by atoms with Crippen molar-refractivity contribution in [2.45, 2.75) is 64.7 Å². The van der Waals surface area contributed by atoms with Crippen molar-refractivity contribution in [2.24, 2.45) is 0 Å². The van der Waals surface area contributed by atoms with Gasteiger partial charge in [0.1, 0.15) is 0 Å². The predicted molar refractivity (Wildman–Crippen MR) is 55.3 cm³/mol. The second-order valence-corrected chi connectivity index (χ2v) is 3.89. The molecule has 0 aromatic rings. The molecule has 0 aromatic carbocycles. The maximum atomic E-state index is 2.45. The Morgan fingerprint density at radius 2 is 1.42 bits per heavy atom. The Hall–Kier alpha value is -0.260. The summed E-state index contributed by atoms with van der Waals surface area (Å²) in [5.41, 5.74) is 1.74. The minimum Gasteiger partial charge on any atom is -0.0856 e. The number of hydrogen-bond donors (Lipinski definition) is 0. The molecule has 0 heteroatoms. The predicted octanol–water partition coefficient (Wildman–Crippen LogP) is 4.46. The fourth-order valence-corrected chi connectivity index (χ4v) is 2.03. The van der Waals surface area contributed by atoms with Crippen LogP contribution in [0.15, 0.2) is 11.6 Å². The van der Waals surface area contributed by atoms with Gasteiger partial charge in [0.15, 0.2) is 0 Å². The van der Waals surface area contributed by atoms with Gasteiger partial charge in [0, 0.05) is 0 Å². The highest BCUT2D eigenvalue weighted by Gasteiger charge is 2.01. The molecule has 0 spiro atoms. The molecule has 0 bridgehead atoms. The molecule has 1 rings (SSSR count). The molecule has 0 heterocycles. The monoisotopic (exact) mass is 166 g/mol. The summed E-state index contributed by atoms with van der Waals surface area (Å²) in [7, 11) is 0. The summed E-state index contributed by atoms with van der Waals surface area (Å²) in [5.74, 6) is 0. The first-order chi connectivity index (χ1) is 5.93. The third kappa shape index (κ3) is 3.94. The van der Waals surface area contributed by atoms with Gasteiger partial charge in [-0.05, 0) is 32.1 Å². The maximum absolute atomic E-state index is 2.45. The second kappa shape index (κ2) is 6.28. The fourth-order valence-electron chi connectivity index (χ4n) is 2.03. The van der Waals surface area contributed by atoms with E-state index in [0.29, 0.717) is 0 Å². The molecular formula is C12H22. The first-order valence-electron chi connectivity index (χ1n) is 5.61. The molecule has 1 fully saturated rings. The van der Waals surface area contributed by atoms with Gasteiger partial charge >= 0.3 is 0 Å². The minimum atomic E-state index is 1.23. The van der Waals surface area contributed by atoms with Crippen LogP contribution < -0.4 is 0 Å². The van der Waals surface area contributed by atoms with Crippen LogP contribution in [0.25, 0.3) is 0 Å². The summed E-state index contributed by atoms with van der Waals surface area (Å²) in [6, 6.07) is 0. The van der Waals surface area contributed by atoms with Gasteiger partial charge in [0.25, 0.3) is 0 Å². The Kier molecular flexibility index (Phi) is 5.14. The van der Waals surface area contributed by atoms with Crippen LogP contribution in [-0.2, 0) is 0 Å². The van der Waals surface area contributed by atoms with Crippen molar-refractivity contribution < 1.29 is 0 Å². The van der Waals surface area contributed by atoms with Crippen LogP contribution in [0.1, 0.15) is 64.7 Å². The van der Waals surface area contributed by atoms with Crippen LogP contribution in [0.4, 0.5) is 0 Å². The van der Waals surface area contributed by atoms with Crippen LogP contribution in [0.3, 0.4) is 0 Å². The SMILES string of the molecule is CCC=C1CCCCCCCC1. The lowest BCUT2D eigenvalue weighted by Crippen LogP contribution is -1.83. The average Bonchev–Trinajstić information content (AvgIpc) is 2.19. The van der Waals surface area contributed by atoms with Crippen LogP contribution >= 0.6 is 0 Å². The van der Waals surface area contributed by atoms with Crippen LogP contribution in [0, 0.1) is 0 Å². The Morgan fingerprint density at radius 1 is 0.917 bits per heavy atom. The summed E-state index contributed by atoms with van der Waals surface area (Å²) in [6.07, 6.45) is 15.2. The second-order valence-electron chi connectivity index (χ2n) is 3.89. The van der Waals surface area contributed by atoms with Gasteiger partial charge in [-0.3, -0.25) is 0 Å². The maximum Gasteiger partial charge on any atom is -0.0320 e. The van der Waals surface area contributed by atoms with Crippen molar-refractivity contribution in [3.63, 3.8) is 0 Å². The molecule has 0 amide bonds. The van der Waals surface area contributed by atoms with Crippen molar-refractivity contribution in [1.82, 2.24) is 0 Å². The van der Waals surface area contributed by atoms with Crippen LogP contribution in [0.2, 0.25) is 0 Å². The quantitative estimate of drug-likeness (QED) is 0.505. The fraction of sp³-hybridized carbons (Fsp3) is 0.833. The zero-order chi connectivity index (χ0) is 8.65. The lowest BCUT2D eigenvalue weighted by molar-refractivity contribution is 0.624. The van der Waals surface area contributed by atoms with Crippen molar-refractivity contribution in [1.29, 1.82) is 0 Å². The molecule has 0 aromatic heterocycles. The third-order valence-corrected chi connectivity index (χ3v) is 2.74. The zero-order valence-corrected chi connectivity index (χ0v) is 8.44. The third-order valence-electron chi connectivity index (χ3n) is 2.74. The van der Waals surface area contributed by atoms with E-state index in [0.717, 1.165) is 0 Å². The van der Waals surface area contributed by atoms with Crippen molar-refractivity contribution in [2.75, 3.05) is 0 Å². The van der Waals surface area contributed by atoms with E-state index in [-0.39, 0.29) is 0 Å². The van der Waals surface area contributed by atoms with E-state index in [2.05, 4.69) is 13.0 Å². The molecule has 0 nitrogen and oxygen atoms in total. The molecule has 1 aliphatic rings. The van der Waals surface area contributed by atoms with Gasteiger partial charge in [0.2, 0.25) is 0 Å². The highest BCUT2D eigenvalue weighted by Crippen LogP contribution is 2.21. The molecule has 70 valence electrons. The molecule has 1 aliphatic carbocycles. The average molecular weight is 166 g/mol. The molecule has 12 heavy (non-hydrogen) atoms. The van der Waals surface area contributed by atoms with Gasteiger partial charge in [-0.1, -0.05) is 44.3 Å². The first kappa shape index (κ1) is 9.83. The van der Waals surface area contributed by atoms with Gasteiger partial charge < -0.3 is 0 Å². The van der Waals surface area contributed by atoms with Gasteiger partial charge in [-0.2, -0.15) is 0 Å². The highest BCUT2D eigenvalue weighted by atomic mass is 14.1. The van der Waals surface area contributed by atoms with E-state index in [1.165, 1.54) is 57.8 Å². The van der Waals surface area contributed by atoms with Crippen molar-refractivity contribution in [3.8, 4) is 0 Å². The summed E-state index contributed by atoms with van der Waals surface area (Å²) >= 11 is 0. The molecule has 0 radical (unpaired) electrons. The number of rotatable bonds is 1. The van der Waals surface area contributed by atoms with Crippen molar-refractivity contribution >= 4 is 0 Å². The largest absolute Gasteiger partial charge is 0.0856 e. The molecule has 1 saturated carbocycles. The van der Waals surface area contributed by atoms with Crippen LogP contribution in [-0.4, -0.2) is 0 Å². The summed E-state index contributed by atoms with van der Waals surface area (Å²) in [4.78, 5) is 0. The topological polar surface area (TPSA) is 0 Å². The normalized spacial score (nSPS) is 20.9.